The molecule has 0 aromatic carbocycles. The molecule has 16 heavy (non-hydrogen) atoms. The van der Waals surface area contributed by atoms with Gasteiger partial charge in [-0.05, 0) is 19.8 Å². The summed E-state index contributed by atoms with van der Waals surface area (Å²) >= 11 is 0. The molecule has 4 N–H and O–H groups in total. The molecular weight excluding hydrogens is 216 g/mol. The first-order valence-electron chi connectivity index (χ1n) is 4.90. The number of amides is 1. The Morgan fingerprint density at radius 2 is 2.06 bits per heavy atom. The van der Waals surface area contributed by atoms with Crippen molar-refractivity contribution >= 4 is 17.8 Å². The zero-order valence-corrected chi connectivity index (χ0v) is 8.86. The van der Waals surface area contributed by atoms with Crippen LogP contribution in [0.5, 0.6) is 0 Å². The molecule has 1 aliphatic rings. The number of rotatable bonds is 5. The molecule has 7 nitrogen and oxygen atoms in total. The Hall–Kier alpha value is -1.63. The monoisotopic (exact) mass is 230 g/mol. The van der Waals surface area contributed by atoms with Gasteiger partial charge >= 0.3 is 11.9 Å². The second kappa shape index (κ2) is 4.48. The summed E-state index contributed by atoms with van der Waals surface area (Å²) < 4.78 is 4.55. The number of hydrogen-bond donors (Lipinski definition) is 3. The molecule has 1 aliphatic carbocycles. The third kappa shape index (κ3) is 2.48. The summed E-state index contributed by atoms with van der Waals surface area (Å²) in [6.07, 6.45) is 0.702. The molecule has 90 valence electrons. The third-order valence-corrected chi connectivity index (χ3v) is 2.34. The Kier molecular flexibility index (Phi) is 3.48. The van der Waals surface area contributed by atoms with Gasteiger partial charge in [-0.25, -0.2) is 9.59 Å². The van der Waals surface area contributed by atoms with E-state index in [0.29, 0.717) is 12.8 Å². The summed E-state index contributed by atoms with van der Waals surface area (Å²) in [7, 11) is 0. The van der Waals surface area contributed by atoms with Gasteiger partial charge < -0.3 is 20.9 Å². The highest BCUT2D eigenvalue weighted by Gasteiger charge is 2.52. The van der Waals surface area contributed by atoms with Crippen LogP contribution >= 0.6 is 0 Å². The van der Waals surface area contributed by atoms with E-state index in [9.17, 15) is 14.4 Å². The second-order valence-corrected chi connectivity index (χ2v) is 3.61. The highest BCUT2D eigenvalue weighted by molar-refractivity contribution is 6.03. The number of carboxylic acid groups (broad SMARTS) is 1. The Morgan fingerprint density at radius 1 is 1.50 bits per heavy atom. The molecule has 0 heterocycles. The molecule has 1 atom stereocenters. The lowest BCUT2D eigenvalue weighted by molar-refractivity contribution is -0.150. The average Bonchev–Trinajstić information content (AvgIpc) is 2.98. The van der Waals surface area contributed by atoms with Crippen molar-refractivity contribution in [2.24, 2.45) is 5.73 Å². The molecule has 1 amide bonds. The first-order valence-corrected chi connectivity index (χ1v) is 4.90. The number of carbonyl (C=O) groups is 3. The lowest BCUT2D eigenvalue weighted by atomic mass is 10.2. The molecule has 1 rings (SSSR count). The molecule has 0 radical (unpaired) electrons. The number of carbonyl (C=O) groups excluding carboxylic acids is 2. The highest BCUT2D eigenvalue weighted by Crippen LogP contribution is 2.35. The molecule has 1 unspecified atom stereocenters. The van der Waals surface area contributed by atoms with Gasteiger partial charge in [0, 0.05) is 0 Å². The maximum absolute atomic E-state index is 11.4. The van der Waals surface area contributed by atoms with Crippen LogP contribution in [0.1, 0.15) is 19.8 Å². The van der Waals surface area contributed by atoms with Gasteiger partial charge in [0.05, 0.1) is 6.61 Å². The van der Waals surface area contributed by atoms with Crippen molar-refractivity contribution in [2.45, 2.75) is 31.3 Å². The van der Waals surface area contributed by atoms with E-state index in [-0.39, 0.29) is 6.61 Å². The quantitative estimate of drug-likeness (QED) is 0.395. The van der Waals surface area contributed by atoms with Crippen LogP contribution in [-0.4, -0.2) is 41.1 Å². The lowest BCUT2D eigenvalue weighted by Gasteiger charge is -2.15. The number of nitrogens with two attached hydrogens (primary N) is 1. The lowest BCUT2D eigenvalue weighted by Crippen LogP contribution is -2.53. The molecular formula is C9H14N2O5. The predicted octanol–water partition coefficient (Wildman–Crippen LogP) is -1.39. The fraction of sp³-hybridized carbons (Fsp3) is 0.667. The fourth-order valence-electron chi connectivity index (χ4n) is 1.17. The van der Waals surface area contributed by atoms with Crippen molar-refractivity contribution in [2.75, 3.05) is 6.61 Å². The first kappa shape index (κ1) is 12.4. The smallest absolute Gasteiger partial charge is 0.332 e. The van der Waals surface area contributed by atoms with Gasteiger partial charge in [0.25, 0.3) is 0 Å². The van der Waals surface area contributed by atoms with Crippen LogP contribution in [0.2, 0.25) is 0 Å². The van der Waals surface area contributed by atoms with Crippen molar-refractivity contribution < 1.29 is 24.2 Å². The predicted molar refractivity (Wildman–Crippen MR) is 52.4 cm³/mol. The summed E-state index contributed by atoms with van der Waals surface area (Å²) in [4.78, 5) is 33.3. The van der Waals surface area contributed by atoms with Gasteiger partial charge in [0.2, 0.25) is 5.91 Å². The molecule has 1 fully saturated rings. The zero-order valence-electron chi connectivity index (χ0n) is 8.86. The van der Waals surface area contributed by atoms with Crippen LogP contribution in [0.15, 0.2) is 0 Å². The van der Waals surface area contributed by atoms with Gasteiger partial charge in [-0.2, -0.15) is 0 Å². The van der Waals surface area contributed by atoms with Crippen LogP contribution in [-0.2, 0) is 19.1 Å². The van der Waals surface area contributed by atoms with Gasteiger partial charge in [-0.3, -0.25) is 4.79 Å². The van der Waals surface area contributed by atoms with E-state index in [4.69, 9.17) is 10.8 Å². The van der Waals surface area contributed by atoms with E-state index in [1.165, 1.54) is 0 Å². The maximum atomic E-state index is 11.4. The minimum absolute atomic E-state index is 0.115. The van der Waals surface area contributed by atoms with Crippen molar-refractivity contribution in [1.82, 2.24) is 5.32 Å². The molecule has 0 aliphatic heterocycles. The standard InChI is InChI=1S/C9H14N2O5/c1-2-16-7(13)5(10)6(12)11-9(3-4-9)8(14)15/h5H,2-4,10H2,1H3,(H,11,12)(H,14,15). The minimum atomic E-state index is -1.48. The molecule has 0 saturated heterocycles. The summed E-state index contributed by atoms with van der Waals surface area (Å²) in [6.45, 7) is 1.70. The molecule has 0 bridgehead atoms. The SMILES string of the molecule is CCOC(=O)C(N)C(=O)NC1(C(=O)O)CC1. The Balaban J connectivity index is 2.53. The zero-order chi connectivity index (χ0) is 12.3. The van der Waals surface area contributed by atoms with Crippen LogP contribution in [0, 0.1) is 0 Å². The Morgan fingerprint density at radius 3 is 2.44 bits per heavy atom. The summed E-state index contributed by atoms with van der Waals surface area (Å²) in [6, 6.07) is -1.48. The van der Waals surface area contributed by atoms with E-state index in [2.05, 4.69) is 10.1 Å². The Labute approximate surface area is 91.9 Å². The largest absolute Gasteiger partial charge is 0.480 e. The topological polar surface area (TPSA) is 119 Å². The van der Waals surface area contributed by atoms with E-state index in [1.807, 2.05) is 0 Å². The maximum Gasteiger partial charge on any atom is 0.332 e. The third-order valence-electron chi connectivity index (χ3n) is 2.34. The first-order chi connectivity index (χ1) is 7.43. The molecule has 0 aromatic heterocycles. The number of hydrogen-bond acceptors (Lipinski definition) is 5. The van der Waals surface area contributed by atoms with Crippen LogP contribution in [0.25, 0.3) is 0 Å². The number of nitrogens with one attached hydrogen (secondary N) is 1. The van der Waals surface area contributed by atoms with Crippen molar-refractivity contribution in [3.05, 3.63) is 0 Å². The minimum Gasteiger partial charge on any atom is -0.480 e. The Bertz CT molecular complexity index is 324. The highest BCUT2D eigenvalue weighted by atomic mass is 16.5. The summed E-state index contributed by atoms with van der Waals surface area (Å²) in [5, 5.41) is 11.0. The molecule has 0 aromatic rings. The van der Waals surface area contributed by atoms with Gasteiger partial charge in [0.15, 0.2) is 6.04 Å². The van der Waals surface area contributed by atoms with E-state index in [0.717, 1.165) is 0 Å². The van der Waals surface area contributed by atoms with Gasteiger partial charge in [-0.15, -0.1) is 0 Å². The van der Waals surface area contributed by atoms with Crippen LogP contribution < -0.4 is 11.1 Å². The van der Waals surface area contributed by atoms with Crippen molar-refractivity contribution in [3.8, 4) is 0 Å². The number of esters is 1. The second-order valence-electron chi connectivity index (χ2n) is 3.61. The number of carboxylic acids is 1. The van der Waals surface area contributed by atoms with Crippen molar-refractivity contribution in [3.63, 3.8) is 0 Å². The van der Waals surface area contributed by atoms with E-state index in [1.54, 1.807) is 6.92 Å². The number of aliphatic carboxylic acids is 1. The molecule has 0 spiro atoms. The van der Waals surface area contributed by atoms with E-state index < -0.39 is 29.4 Å². The summed E-state index contributed by atoms with van der Waals surface area (Å²) in [5.41, 5.74) is 4.07. The van der Waals surface area contributed by atoms with Gasteiger partial charge in [0.1, 0.15) is 5.54 Å². The number of ether oxygens (including phenoxy) is 1. The van der Waals surface area contributed by atoms with Crippen LogP contribution in [0.3, 0.4) is 0 Å². The fourth-order valence-corrected chi connectivity index (χ4v) is 1.17. The molecule has 1 saturated carbocycles. The van der Waals surface area contributed by atoms with Crippen molar-refractivity contribution in [1.29, 1.82) is 0 Å². The molecule has 7 heteroatoms. The summed E-state index contributed by atoms with van der Waals surface area (Å²) in [5.74, 6) is -2.79. The normalized spacial score (nSPS) is 18.4. The van der Waals surface area contributed by atoms with E-state index >= 15 is 0 Å². The average molecular weight is 230 g/mol. The van der Waals surface area contributed by atoms with Gasteiger partial charge in [-0.1, -0.05) is 0 Å². The van der Waals surface area contributed by atoms with Crippen LogP contribution in [0.4, 0.5) is 0 Å².